The van der Waals surface area contributed by atoms with Gasteiger partial charge in [0.1, 0.15) is 0 Å². The molecule has 0 unspecified atom stereocenters. The van der Waals surface area contributed by atoms with Crippen LogP contribution in [-0.4, -0.2) is 39.2 Å². The largest absolute Gasteiger partial charge is 0.450 e. The molecule has 3 rings (SSSR count). The summed E-state index contributed by atoms with van der Waals surface area (Å²) in [5.74, 6) is 0.00675. The number of nitrogens with one attached hydrogen (secondary N) is 2. The average molecular weight is 372 g/mol. The minimum Gasteiger partial charge on any atom is -0.450 e. The van der Waals surface area contributed by atoms with Crippen molar-refractivity contribution in [3.63, 3.8) is 0 Å². The van der Waals surface area contributed by atoms with Crippen LogP contribution in [0.15, 0.2) is 52.3 Å². The van der Waals surface area contributed by atoms with E-state index in [-0.39, 0.29) is 5.91 Å². The number of ether oxygens (including phenoxy) is 1. The maximum atomic E-state index is 13.0. The summed E-state index contributed by atoms with van der Waals surface area (Å²) in [5.41, 5.74) is 2.23. The number of carbonyl (C=O) groups excluding carboxylic acids is 2. The molecule has 0 saturated carbocycles. The third-order valence-corrected chi connectivity index (χ3v) is 4.93. The highest BCUT2D eigenvalue weighted by Gasteiger charge is 2.29. The summed E-state index contributed by atoms with van der Waals surface area (Å²) in [7, 11) is 3.89. The van der Waals surface area contributed by atoms with Crippen molar-refractivity contribution in [2.45, 2.75) is 16.7 Å². The van der Waals surface area contributed by atoms with Crippen LogP contribution in [0.25, 0.3) is 0 Å². The second-order valence-corrected chi connectivity index (χ2v) is 7.29. The fourth-order valence-corrected chi connectivity index (χ4v) is 3.81. The molecule has 1 heterocycles. The lowest BCUT2D eigenvalue weighted by Gasteiger charge is -2.31. The number of carbonyl (C=O) groups is 2. The number of hydrogen-bond acceptors (Lipinski definition) is 4. The van der Waals surface area contributed by atoms with Crippen molar-refractivity contribution in [2.24, 2.45) is 0 Å². The molecule has 1 aliphatic rings. The molecular weight excluding hydrogens is 350 g/mol. The zero-order chi connectivity index (χ0) is 18.7. The van der Waals surface area contributed by atoms with Crippen molar-refractivity contribution in [1.29, 1.82) is 0 Å². The van der Waals surface area contributed by atoms with Crippen molar-refractivity contribution >= 4 is 40.8 Å². The first kappa shape index (κ1) is 18.3. The third-order valence-electron chi connectivity index (χ3n) is 3.80. The predicted octanol–water partition coefficient (Wildman–Crippen LogP) is 2.53. The van der Waals surface area contributed by atoms with Crippen LogP contribution in [0.3, 0.4) is 0 Å². The number of fused-ring (bicyclic) bond motifs is 2. The molecule has 136 valence electrons. The van der Waals surface area contributed by atoms with E-state index in [0.717, 1.165) is 26.1 Å². The van der Waals surface area contributed by atoms with E-state index in [1.165, 1.54) is 0 Å². The molecule has 2 N–H and O–H groups in total. The van der Waals surface area contributed by atoms with Crippen molar-refractivity contribution < 1.29 is 19.2 Å². The Bertz CT molecular complexity index is 839. The summed E-state index contributed by atoms with van der Waals surface area (Å²) in [6.45, 7) is 2.42. The summed E-state index contributed by atoms with van der Waals surface area (Å²) >= 11 is 1.62. The SMILES string of the molecule is CCOC(=O)Nc1ccc2c(c1)N(C(=O)C[NH+](C)C)c1ccccc1S2. The normalized spacial score (nSPS) is 12.4. The Morgan fingerprint density at radius 1 is 1.12 bits per heavy atom. The van der Waals surface area contributed by atoms with E-state index in [0.29, 0.717) is 18.8 Å². The van der Waals surface area contributed by atoms with Gasteiger partial charge in [0.05, 0.1) is 32.1 Å². The molecule has 0 atom stereocenters. The van der Waals surface area contributed by atoms with Gasteiger partial charge >= 0.3 is 6.09 Å². The van der Waals surface area contributed by atoms with Gasteiger partial charge in [0.15, 0.2) is 6.54 Å². The molecule has 1 aliphatic heterocycles. The number of benzene rings is 2. The molecule has 26 heavy (non-hydrogen) atoms. The van der Waals surface area contributed by atoms with Crippen molar-refractivity contribution in [1.82, 2.24) is 0 Å². The topological polar surface area (TPSA) is 63.1 Å². The molecule has 0 aromatic heterocycles. The number of likely N-dealkylation sites (N-methyl/N-ethyl adjacent to an activating group) is 1. The molecule has 0 aliphatic carbocycles. The molecule has 0 radical (unpaired) electrons. The number of anilines is 3. The van der Waals surface area contributed by atoms with Crippen LogP contribution in [-0.2, 0) is 9.53 Å². The van der Waals surface area contributed by atoms with Gasteiger partial charge in [-0.15, -0.1) is 0 Å². The van der Waals surface area contributed by atoms with Gasteiger partial charge in [0.25, 0.3) is 5.91 Å². The maximum absolute atomic E-state index is 13.0. The van der Waals surface area contributed by atoms with E-state index in [4.69, 9.17) is 4.74 Å². The van der Waals surface area contributed by atoms with Crippen LogP contribution < -0.4 is 15.1 Å². The molecule has 2 amide bonds. The Morgan fingerprint density at radius 2 is 1.85 bits per heavy atom. The predicted molar refractivity (Wildman–Crippen MR) is 102 cm³/mol. The van der Waals surface area contributed by atoms with Crippen LogP contribution >= 0.6 is 11.8 Å². The summed E-state index contributed by atoms with van der Waals surface area (Å²) in [4.78, 5) is 29.5. The monoisotopic (exact) mass is 372 g/mol. The molecule has 2 aromatic rings. The van der Waals surface area contributed by atoms with E-state index < -0.39 is 6.09 Å². The second-order valence-electron chi connectivity index (χ2n) is 6.21. The fourth-order valence-electron chi connectivity index (χ4n) is 2.77. The van der Waals surface area contributed by atoms with Crippen molar-refractivity contribution in [2.75, 3.05) is 37.5 Å². The van der Waals surface area contributed by atoms with Gasteiger partial charge < -0.3 is 9.64 Å². The first-order chi connectivity index (χ1) is 12.5. The number of quaternary nitrogens is 1. The van der Waals surface area contributed by atoms with E-state index in [1.807, 2.05) is 56.6 Å². The molecule has 2 aromatic carbocycles. The average Bonchev–Trinajstić information content (AvgIpc) is 2.59. The minimum atomic E-state index is -0.507. The second kappa shape index (κ2) is 7.80. The lowest BCUT2D eigenvalue weighted by atomic mass is 10.2. The first-order valence-electron chi connectivity index (χ1n) is 8.46. The molecule has 0 spiro atoms. The highest BCUT2D eigenvalue weighted by molar-refractivity contribution is 7.99. The Morgan fingerprint density at radius 3 is 2.58 bits per heavy atom. The summed E-state index contributed by atoms with van der Waals surface area (Å²) in [6.07, 6.45) is -0.507. The quantitative estimate of drug-likeness (QED) is 0.866. The zero-order valence-corrected chi connectivity index (χ0v) is 15.9. The summed E-state index contributed by atoms with van der Waals surface area (Å²) in [5, 5.41) is 2.70. The van der Waals surface area contributed by atoms with E-state index >= 15 is 0 Å². The third kappa shape index (κ3) is 3.84. The molecule has 0 saturated heterocycles. The highest BCUT2D eigenvalue weighted by Crippen LogP contribution is 2.48. The fraction of sp³-hybridized carbons (Fsp3) is 0.263. The van der Waals surface area contributed by atoms with Crippen LogP contribution in [0.2, 0.25) is 0 Å². The summed E-state index contributed by atoms with van der Waals surface area (Å²) < 4.78 is 4.93. The molecule has 0 bridgehead atoms. The lowest BCUT2D eigenvalue weighted by Crippen LogP contribution is -3.07. The van der Waals surface area contributed by atoms with Crippen molar-refractivity contribution in [3.8, 4) is 0 Å². The van der Waals surface area contributed by atoms with Crippen LogP contribution in [0.4, 0.5) is 21.9 Å². The highest BCUT2D eigenvalue weighted by atomic mass is 32.2. The van der Waals surface area contributed by atoms with Crippen LogP contribution in [0.5, 0.6) is 0 Å². The number of rotatable bonds is 4. The maximum Gasteiger partial charge on any atom is 0.411 e. The standard InChI is InChI=1S/C19H21N3O3S/c1-4-25-19(24)20-13-9-10-17-15(11-13)22(18(23)12-21(2)3)14-7-5-6-8-16(14)26-17/h5-11H,4,12H2,1-3H3,(H,20,24)/p+1. The van der Waals surface area contributed by atoms with E-state index in [2.05, 4.69) is 5.32 Å². The molecular formula is C19H22N3O3S+. The Balaban J connectivity index is 2.00. The Kier molecular flexibility index (Phi) is 5.49. The lowest BCUT2D eigenvalue weighted by molar-refractivity contribution is -0.849. The van der Waals surface area contributed by atoms with Gasteiger partial charge in [-0.05, 0) is 37.3 Å². The number of para-hydroxylation sites is 1. The molecule has 0 fully saturated rings. The van der Waals surface area contributed by atoms with Crippen LogP contribution in [0.1, 0.15) is 6.92 Å². The molecule has 6 nitrogen and oxygen atoms in total. The van der Waals surface area contributed by atoms with Gasteiger partial charge in [-0.3, -0.25) is 15.0 Å². The smallest absolute Gasteiger partial charge is 0.411 e. The van der Waals surface area contributed by atoms with Gasteiger partial charge in [0, 0.05) is 15.5 Å². The zero-order valence-electron chi connectivity index (χ0n) is 15.0. The van der Waals surface area contributed by atoms with Gasteiger partial charge in [0.2, 0.25) is 0 Å². The van der Waals surface area contributed by atoms with Gasteiger partial charge in [-0.1, -0.05) is 23.9 Å². The van der Waals surface area contributed by atoms with Crippen LogP contribution in [0, 0.1) is 0 Å². The van der Waals surface area contributed by atoms with E-state index in [9.17, 15) is 9.59 Å². The molecule has 7 heteroatoms. The van der Waals surface area contributed by atoms with Crippen molar-refractivity contribution in [3.05, 3.63) is 42.5 Å². The number of amides is 2. The Labute approximate surface area is 157 Å². The summed E-state index contributed by atoms with van der Waals surface area (Å²) in [6, 6.07) is 13.4. The van der Waals surface area contributed by atoms with E-state index in [1.54, 1.807) is 23.6 Å². The number of nitrogens with zero attached hydrogens (tertiary/aromatic N) is 1. The van der Waals surface area contributed by atoms with Gasteiger partial charge in [-0.25, -0.2) is 4.79 Å². The number of hydrogen-bond donors (Lipinski definition) is 2. The van der Waals surface area contributed by atoms with Gasteiger partial charge in [-0.2, -0.15) is 0 Å². The first-order valence-corrected chi connectivity index (χ1v) is 9.28. The minimum absolute atomic E-state index is 0.00675. The Hall–Kier alpha value is -2.51.